The van der Waals surface area contributed by atoms with Gasteiger partial charge in [-0.2, -0.15) is 0 Å². The molecule has 5 rings (SSSR count). The van der Waals surface area contributed by atoms with Gasteiger partial charge in [0.05, 0.1) is 11.3 Å². The number of benzene rings is 3. The topological polar surface area (TPSA) is 110 Å². The standard InChI is InChI=1S/C25H18N4O4S/c30-22(26-18-9-6-8-17(13-18)24(31)32)15-34-25-28-27-23(29(25)19-10-2-1-3-11-19)21-14-16-7-4-5-12-20(16)33-21/h1-14H,15H2,(H,26,30)(H,31,32). The minimum absolute atomic E-state index is 0.0579. The number of rotatable bonds is 7. The van der Waals surface area contributed by atoms with Crippen LogP contribution in [0.5, 0.6) is 0 Å². The van der Waals surface area contributed by atoms with E-state index in [0.717, 1.165) is 16.7 Å². The molecule has 0 spiro atoms. The van der Waals surface area contributed by atoms with E-state index in [4.69, 9.17) is 9.52 Å². The number of amides is 1. The summed E-state index contributed by atoms with van der Waals surface area (Å²) in [6.45, 7) is 0. The minimum Gasteiger partial charge on any atom is -0.478 e. The molecule has 0 saturated carbocycles. The minimum atomic E-state index is -1.06. The number of anilines is 1. The molecule has 3 aromatic carbocycles. The van der Waals surface area contributed by atoms with Crippen LogP contribution in [0.15, 0.2) is 94.5 Å². The van der Waals surface area contributed by atoms with Gasteiger partial charge in [0, 0.05) is 16.8 Å². The highest BCUT2D eigenvalue weighted by Gasteiger charge is 2.20. The fraction of sp³-hybridized carbons (Fsp3) is 0.0400. The smallest absolute Gasteiger partial charge is 0.335 e. The lowest BCUT2D eigenvalue weighted by Gasteiger charge is -2.09. The number of thioether (sulfide) groups is 1. The van der Waals surface area contributed by atoms with Gasteiger partial charge in [-0.05, 0) is 42.5 Å². The molecular formula is C25H18N4O4S. The van der Waals surface area contributed by atoms with Crippen LogP contribution in [0, 0.1) is 0 Å². The maximum absolute atomic E-state index is 12.6. The highest BCUT2D eigenvalue weighted by atomic mass is 32.2. The van der Waals surface area contributed by atoms with E-state index in [0.29, 0.717) is 22.4 Å². The zero-order chi connectivity index (χ0) is 23.5. The summed E-state index contributed by atoms with van der Waals surface area (Å²) >= 11 is 1.22. The first-order valence-electron chi connectivity index (χ1n) is 10.3. The van der Waals surface area contributed by atoms with Crippen LogP contribution in [0.25, 0.3) is 28.2 Å². The van der Waals surface area contributed by atoms with Crippen molar-refractivity contribution < 1.29 is 19.1 Å². The van der Waals surface area contributed by atoms with Gasteiger partial charge in [0.2, 0.25) is 11.7 Å². The van der Waals surface area contributed by atoms with E-state index < -0.39 is 5.97 Å². The second kappa shape index (κ2) is 9.24. The molecule has 0 aliphatic carbocycles. The molecule has 0 fully saturated rings. The molecule has 0 atom stereocenters. The first kappa shape index (κ1) is 21.5. The van der Waals surface area contributed by atoms with Crippen molar-refractivity contribution in [1.82, 2.24) is 14.8 Å². The van der Waals surface area contributed by atoms with Crippen molar-refractivity contribution in [3.8, 4) is 17.3 Å². The van der Waals surface area contributed by atoms with E-state index >= 15 is 0 Å². The lowest BCUT2D eigenvalue weighted by Crippen LogP contribution is -2.15. The predicted octanol–water partition coefficient (Wildman–Crippen LogP) is 5.11. The number of para-hydroxylation sites is 2. The Morgan fingerprint density at radius 3 is 2.53 bits per heavy atom. The molecule has 2 heterocycles. The van der Waals surface area contributed by atoms with E-state index in [1.165, 1.54) is 23.9 Å². The first-order valence-corrected chi connectivity index (χ1v) is 11.3. The molecule has 2 aromatic heterocycles. The summed E-state index contributed by atoms with van der Waals surface area (Å²) in [6.07, 6.45) is 0. The molecule has 0 saturated heterocycles. The molecule has 0 aliphatic heterocycles. The number of carboxylic acid groups (broad SMARTS) is 1. The van der Waals surface area contributed by atoms with Gasteiger partial charge in [-0.1, -0.05) is 54.2 Å². The van der Waals surface area contributed by atoms with Crippen molar-refractivity contribution in [2.75, 3.05) is 11.1 Å². The van der Waals surface area contributed by atoms with Crippen LogP contribution in [0.2, 0.25) is 0 Å². The van der Waals surface area contributed by atoms with E-state index in [1.807, 2.05) is 65.2 Å². The van der Waals surface area contributed by atoms with E-state index in [-0.39, 0.29) is 17.2 Å². The molecule has 1 amide bonds. The SMILES string of the molecule is O=C(CSc1nnc(-c2cc3ccccc3o2)n1-c1ccccc1)Nc1cccc(C(=O)O)c1. The number of aromatic carboxylic acids is 1. The van der Waals surface area contributed by atoms with Crippen molar-refractivity contribution in [3.05, 3.63) is 90.5 Å². The summed E-state index contributed by atoms with van der Waals surface area (Å²) in [5.74, 6) is -0.193. The van der Waals surface area contributed by atoms with Crippen LogP contribution in [-0.4, -0.2) is 37.5 Å². The Balaban J connectivity index is 1.41. The van der Waals surface area contributed by atoms with E-state index in [1.54, 1.807) is 12.1 Å². The quantitative estimate of drug-likeness (QED) is 0.318. The molecule has 34 heavy (non-hydrogen) atoms. The average Bonchev–Trinajstić information content (AvgIpc) is 3.47. The van der Waals surface area contributed by atoms with Gasteiger partial charge in [-0.25, -0.2) is 4.79 Å². The van der Waals surface area contributed by atoms with Crippen LogP contribution in [0.3, 0.4) is 0 Å². The lowest BCUT2D eigenvalue weighted by molar-refractivity contribution is -0.113. The Bertz CT molecular complexity index is 1460. The number of carboxylic acids is 1. The molecular weight excluding hydrogens is 452 g/mol. The molecule has 2 N–H and O–H groups in total. The van der Waals surface area contributed by atoms with Gasteiger partial charge in [0.1, 0.15) is 5.58 Å². The Hall–Kier alpha value is -4.37. The molecule has 0 aliphatic rings. The molecule has 168 valence electrons. The van der Waals surface area contributed by atoms with Crippen molar-refractivity contribution in [2.24, 2.45) is 0 Å². The number of carbonyl (C=O) groups is 2. The second-order valence-corrected chi connectivity index (χ2v) is 8.29. The number of furan rings is 1. The molecule has 0 unspecified atom stereocenters. The van der Waals surface area contributed by atoms with Crippen LogP contribution >= 0.6 is 11.8 Å². The van der Waals surface area contributed by atoms with Crippen molar-refractivity contribution in [2.45, 2.75) is 5.16 Å². The second-order valence-electron chi connectivity index (χ2n) is 7.35. The summed E-state index contributed by atoms with van der Waals surface area (Å²) in [5.41, 5.74) is 2.10. The average molecular weight is 471 g/mol. The van der Waals surface area contributed by atoms with Gasteiger partial charge < -0.3 is 14.8 Å². The molecule has 5 aromatic rings. The van der Waals surface area contributed by atoms with Crippen molar-refractivity contribution >= 4 is 40.3 Å². The fourth-order valence-corrected chi connectivity index (χ4v) is 4.23. The monoisotopic (exact) mass is 470 g/mol. The highest BCUT2D eigenvalue weighted by Crippen LogP contribution is 2.31. The summed E-state index contributed by atoms with van der Waals surface area (Å²) in [6, 6.07) is 25.3. The number of hydrogen-bond acceptors (Lipinski definition) is 6. The van der Waals surface area contributed by atoms with E-state index in [9.17, 15) is 9.59 Å². The number of nitrogens with zero attached hydrogens (tertiary/aromatic N) is 3. The van der Waals surface area contributed by atoms with Gasteiger partial charge in [-0.15, -0.1) is 10.2 Å². The zero-order valence-electron chi connectivity index (χ0n) is 17.7. The van der Waals surface area contributed by atoms with Gasteiger partial charge in [-0.3, -0.25) is 9.36 Å². The summed E-state index contributed by atoms with van der Waals surface area (Å²) in [4.78, 5) is 23.7. The van der Waals surface area contributed by atoms with Crippen LogP contribution in [0.1, 0.15) is 10.4 Å². The van der Waals surface area contributed by atoms with Crippen molar-refractivity contribution in [3.63, 3.8) is 0 Å². The summed E-state index contributed by atoms with van der Waals surface area (Å²) < 4.78 is 7.85. The van der Waals surface area contributed by atoms with Crippen LogP contribution < -0.4 is 5.32 Å². The van der Waals surface area contributed by atoms with Gasteiger partial charge >= 0.3 is 5.97 Å². The maximum Gasteiger partial charge on any atom is 0.335 e. The number of fused-ring (bicyclic) bond motifs is 1. The fourth-order valence-electron chi connectivity index (χ4n) is 3.48. The van der Waals surface area contributed by atoms with Gasteiger partial charge in [0.25, 0.3) is 0 Å². The number of carbonyl (C=O) groups excluding carboxylic acids is 1. The number of aromatic nitrogens is 3. The third-order valence-electron chi connectivity index (χ3n) is 5.02. The van der Waals surface area contributed by atoms with Crippen LogP contribution in [0.4, 0.5) is 5.69 Å². The summed E-state index contributed by atoms with van der Waals surface area (Å²) in [5, 5.41) is 22.0. The lowest BCUT2D eigenvalue weighted by atomic mass is 10.2. The Kier molecular flexibility index (Phi) is 5.84. The Labute approximate surface area is 198 Å². The summed E-state index contributed by atoms with van der Waals surface area (Å²) in [7, 11) is 0. The normalized spacial score (nSPS) is 10.9. The molecule has 0 radical (unpaired) electrons. The van der Waals surface area contributed by atoms with Crippen molar-refractivity contribution in [1.29, 1.82) is 0 Å². The highest BCUT2D eigenvalue weighted by molar-refractivity contribution is 7.99. The molecule has 9 heteroatoms. The van der Waals surface area contributed by atoms with E-state index in [2.05, 4.69) is 15.5 Å². The predicted molar refractivity (Wildman–Crippen MR) is 129 cm³/mol. The Morgan fingerprint density at radius 2 is 1.74 bits per heavy atom. The van der Waals surface area contributed by atoms with Gasteiger partial charge in [0.15, 0.2) is 10.9 Å². The zero-order valence-corrected chi connectivity index (χ0v) is 18.5. The number of hydrogen-bond donors (Lipinski definition) is 2. The largest absolute Gasteiger partial charge is 0.478 e. The third-order valence-corrected chi connectivity index (χ3v) is 5.95. The van der Waals surface area contributed by atoms with Crippen LogP contribution in [-0.2, 0) is 4.79 Å². The molecule has 8 nitrogen and oxygen atoms in total. The molecule has 0 bridgehead atoms. The third kappa shape index (κ3) is 4.41. The Morgan fingerprint density at radius 1 is 0.941 bits per heavy atom. The maximum atomic E-state index is 12.6. The number of nitrogens with one attached hydrogen (secondary N) is 1. The first-order chi connectivity index (χ1) is 16.6.